The fourth-order valence-corrected chi connectivity index (χ4v) is 11.6. The number of likely N-dealkylation sites (tertiary alicyclic amines) is 2. The van der Waals surface area contributed by atoms with Crippen molar-refractivity contribution in [2.45, 2.75) is 283 Å². The first-order valence-corrected chi connectivity index (χ1v) is 30.3. The summed E-state index contributed by atoms with van der Waals surface area (Å²) in [5.41, 5.74) is 11.1. The Bertz CT molecular complexity index is 887. The number of quaternary nitrogens is 2. The molecule has 6 heteroatoms. The molecular weight excluding hydrogens is 781 g/mol. The van der Waals surface area contributed by atoms with E-state index in [9.17, 15) is 0 Å². The molecule has 0 radical (unpaired) electrons. The molecule has 2 fully saturated rings. The highest BCUT2D eigenvalue weighted by molar-refractivity contribution is 4.65. The Morgan fingerprint density at radius 3 is 0.938 bits per heavy atom. The molecule has 0 saturated carbocycles. The molecule has 2 saturated heterocycles. The molecule has 0 aliphatic carbocycles. The number of rotatable bonds is 51. The van der Waals surface area contributed by atoms with Crippen LogP contribution in [0, 0.1) is 11.8 Å². The molecule has 0 spiro atoms. The molecule has 0 bridgehead atoms. The van der Waals surface area contributed by atoms with Crippen LogP contribution >= 0.6 is 0 Å². The Morgan fingerprint density at radius 2 is 0.578 bits per heavy atom. The maximum Gasteiger partial charge on any atom is 0.0799 e. The third-order valence-corrected chi connectivity index (χ3v) is 15.8. The Kier molecular flexibility index (Phi) is 46.0. The third kappa shape index (κ3) is 40.8. The van der Waals surface area contributed by atoms with Gasteiger partial charge in [0.1, 0.15) is 0 Å². The van der Waals surface area contributed by atoms with Crippen LogP contribution in [0.4, 0.5) is 0 Å². The van der Waals surface area contributed by atoms with Crippen LogP contribution in [0.5, 0.6) is 0 Å². The van der Waals surface area contributed by atoms with Gasteiger partial charge < -0.3 is 31.9 Å². The first-order chi connectivity index (χ1) is 31.8. The third-order valence-electron chi connectivity index (χ3n) is 15.8. The highest BCUT2D eigenvalue weighted by atomic mass is 15.1. The molecule has 8 N–H and O–H groups in total. The van der Waals surface area contributed by atoms with Crippen LogP contribution in [0.1, 0.15) is 283 Å². The van der Waals surface area contributed by atoms with Gasteiger partial charge >= 0.3 is 0 Å². The number of piperidine rings is 2. The average Bonchev–Trinajstić information content (AvgIpc) is 3.31. The van der Waals surface area contributed by atoms with Crippen molar-refractivity contribution >= 4 is 0 Å². The lowest BCUT2D eigenvalue weighted by Gasteiger charge is -2.30. The van der Waals surface area contributed by atoms with Crippen molar-refractivity contribution in [3.63, 3.8) is 0 Å². The molecule has 4 atom stereocenters. The molecule has 2 aliphatic heterocycles. The fourth-order valence-electron chi connectivity index (χ4n) is 11.6. The molecule has 2 rings (SSSR count). The zero-order chi connectivity index (χ0) is 45.3. The Morgan fingerprint density at radius 1 is 0.297 bits per heavy atom. The zero-order valence-corrected chi connectivity index (χ0v) is 43.9. The van der Waals surface area contributed by atoms with E-state index in [0.29, 0.717) is 0 Å². The average molecular weight is 904 g/mol. The van der Waals surface area contributed by atoms with Gasteiger partial charge in [0, 0.05) is 11.8 Å². The molecule has 0 aromatic carbocycles. The van der Waals surface area contributed by atoms with Crippen LogP contribution in [-0.4, -0.2) is 78.5 Å². The van der Waals surface area contributed by atoms with Gasteiger partial charge in [-0.05, 0) is 129 Å². The van der Waals surface area contributed by atoms with Crippen molar-refractivity contribution < 1.29 is 9.80 Å². The minimum absolute atomic E-state index is 0.796. The van der Waals surface area contributed by atoms with Gasteiger partial charge in [0.25, 0.3) is 0 Å². The Hall–Kier alpha value is -0.240. The number of hydrogen-bond donors (Lipinski definition) is 6. The lowest BCUT2D eigenvalue weighted by atomic mass is 9.91. The molecular formula is C58H122N6+2. The summed E-state index contributed by atoms with van der Waals surface area (Å²) < 4.78 is 0. The summed E-state index contributed by atoms with van der Waals surface area (Å²) in [6, 6.07) is 0. The minimum atomic E-state index is 0.796. The lowest BCUT2D eigenvalue weighted by Crippen LogP contribution is -3.13. The van der Waals surface area contributed by atoms with Gasteiger partial charge in [-0.2, -0.15) is 0 Å². The van der Waals surface area contributed by atoms with E-state index in [4.69, 9.17) is 11.5 Å². The normalized spacial score (nSPS) is 19.2. The van der Waals surface area contributed by atoms with Crippen LogP contribution in [0.25, 0.3) is 0 Å². The smallest absolute Gasteiger partial charge is 0.0799 e. The van der Waals surface area contributed by atoms with E-state index < -0.39 is 0 Å². The second-order valence-electron chi connectivity index (χ2n) is 22.0. The number of hydrogen-bond acceptors (Lipinski definition) is 4. The minimum Gasteiger partial charge on any atom is -0.335 e. The van der Waals surface area contributed by atoms with Crippen molar-refractivity contribution in [3.05, 3.63) is 0 Å². The van der Waals surface area contributed by atoms with Gasteiger partial charge in [-0.15, -0.1) is 0 Å². The molecule has 0 aromatic rings. The fraction of sp³-hybridized carbons (Fsp3) is 1.00. The Balaban J connectivity index is 1.25. The molecule has 2 heterocycles. The maximum absolute atomic E-state index is 5.59. The first-order valence-electron chi connectivity index (χ1n) is 30.3. The van der Waals surface area contributed by atoms with E-state index in [1.165, 1.54) is 322 Å². The van der Waals surface area contributed by atoms with Gasteiger partial charge in [-0.1, -0.05) is 193 Å². The first kappa shape index (κ1) is 59.9. The topological polar surface area (TPSA) is 85.0 Å². The highest BCUT2D eigenvalue weighted by Gasteiger charge is 2.23. The Labute approximate surface area is 403 Å². The van der Waals surface area contributed by atoms with E-state index in [2.05, 4.69) is 10.6 Å². The summed E-state index contributed by atoms with van der Waals surface area (Å²) >= 11 is 0. The summed E-state index contributed by atoms with van der Waals surface area (Å²) in [7, 11) is 0. The van der Waals surface area contributed by atoms with Gasteiger partial charge in [-0.3, -0.25) is 0 Å². The van der Waals surface area contributed by atoms with Crippen molar-refractivity contribution in [1.82, 2.24) is 10.6 Å². The molecule has 2 aliphatic rings. The largest absolute Gasteiger partial charge is 0.335 e. The van der Waals surface area contributed by atoms with Crippen molar-refractivity contribution in [2.24, 2.45) is 23.3 Å². The summed E-state index contributed by atoms with van der Waals surface area (Å²) in [6.07, 6.45) is 63.9. The van der Waals surface area contributed by atoms with Gasteiger partial charge in [-0.25, -0.2) is 0 Å². The molecule has 6 nitrogen and oxygen atoms in total. The highest BCUT2D eigenvalue weighted by Crippen LogP contribution is 2.20. The van der Waals surface area contributed by atoms with Crippen LogP contribution in [0.3, 0.4) is 0 Å². The summed E-state index contributed by atoms with van der Waals surface area (Å²) in [5.74, 6) is 2.06. The second-order valence-corrected chi connectivity index (χ2v) is 22.0. The summed E-state index contributed by atoms with van der Waals surface area (Å²) in [5, 5.41) is 7.06. The molecule has 0 amide bonds. The van der Waals surface area contributed by atoms with Crippen molar-refractivity contribution in [2.75, 3.05) is 78.5 Å². The SMILES string of the molecule is NCCCCCCCCCCCCCCCC[NH+]1CCCC(CCCCCCCCCCCCC2CCC[NH+](CCCCCCCCCCCCCCNCCCNCCCN)C2)C1. The predicted octanol–water partition coefficient (Wildman–Crippen LogP) is 12.3. The predicted molar refractivity (Wildman–Crippen MR) is 285 cm³/mol. The maximum atomic E-state index is 5.59. The number of unbranched alkanes of at least 4 members (excludes halogenated alkanes) is 33. The quantitative estimate of drug-likeness (QED) is 0.0344. The molecule has 382 valence electrons. The summed E-state index contributed by atoms with van der Waals surface area (Å²) in [6.45, 7) is 15.0. The van der Waals surface area contributed by atoms with E-state index in [0.717, 1.165) is 51.0 Å². The van der Waals surface area contributed by atoms with Crippen molar-refractivity contribution in [3.8, 4) is 0 Å². The van der Waals surface area contributed by atoms with Crippen LogP contribution in [0.15, 0.2) is 0 Å². The van der Waals surface area contributed by atoms with Crippen LogP contribution < -0.4 is 31.9 Å². The lowest BCUT2D eigenvalue weighted by molar-refractivity contribution is -0.909. The monoisotopic (exact) mass is 903 g/mol. The molecule has 0 aromatic heterocycles. The van der Waals surface area contributed by atoms with E-state index in [1.807, 2.05) is 9.80 Å². The molecule has 64 heavy (non-hydrogen) atoms. The van der Waals surface area contributed by atoms with Gasteiger partial charge in [0.05, 0.1) is 39.3 Å². The van der Waals surface area contributed by atoms with E-state index >= 15 is 0 Å². The standard InChI is InChI=1S/C58H120N6/c59-45-33-27-21-15-9-3-1-2-5-11-17-23-29-35-51-63-53-37-43-57(55-63)41-31-25-19-13-7-8-14-20-26-32-42-58-44-38-54-64(56-58)52-36-30-24-18-12-6-4-10-16-22-28-34-47-61-49-40-50-62-48-39-46-60/h57-58,61-62H,1-56,59-60H2/p+2. The summed E-state index contributed by atoms with van der Waals surface area (Å²) in [4.78, 5) is 3.90. The number of nitrogens with one attached hydrogen (secondary N) is 4. The number of nitrogens with two attached hydrogens (primary N) is 2. The van der Waals surface area contributed by atoms with Gasteiger partial charge in [0.2, 0.25) is 0 Å². The van der Waals surface area contributed by atoms with E-state index in [-0.39, 0.29) is 0 Å². The van der Waals surface area contributed by atoms with E-state index in [1.54, 1.807) is 0 Å². The second kappa shape index (κ2) is 49.2. The molecule has 4 unspecified atom stereocenters. The van der Waals surface area contributed by atoms with Crippen LogP contribution in [0.2, 0.25) is 0 Å². The van der Waals surface area contributed by atoms with Crippen LogP contribution in [-0.2, 0) is 0 Å². The van der Waals surface area contributed by atoms with Crippen molar-refractivity contribution in [1.29, 1.82) is 0 Å². The zero-order valence-electron chi connectivity index (χ0n) is 43.9. The van der Waals surface area contributed by atoms with Gasteiger partial charge in [0.15, 0.2) is 0 Å².